The number of amides is 3. The number of H-pyrrole nitrogens is 1. The highest BCUT2D eigenvalue weighted by Crippen LogP contribution is 2.51. The lowest BCUT2D eigenvalue weighted by Crippen LogP contribution is -2.70. The molecule has 12 nitrogen and oxygen atoms in total. The smallest absolute Gasteiger partial charge is 0.261 e. The number of likely N-dealkylation sites (N-methyl/N-ethyl adjacent to an activating group) is 1. The van der Waals surface area contributed by atoms with Crippen molar-refractivity contribution in [3.05, 3.63) is 35.5 Å². The normalized spacial score (nSPS) is 33.5. The Morgan fingerprint density at radius 2 is 1.89 bits per heavy atom. The van der Waals surface area contributed by atoms with Crippen molar-refractivity contribution in [1.82, 2.24) is 25.0 Å². The molecule has 5 aliphatic rings. The maximum atomic E-state index is 14.5. The van der Waals surface area contributed by atoms with Gasteiger partial charge in [0.1, 0.15) is 11.6 Å². The number of likely N-dealkylation sites (tertiary alicyclic amines) is 1. The van der Waals surface area contributed by atoms with Gasteiger partial charge in [-0.25, -0.2) is 0 Å². The first kappa shape index (κ1) is 33.9. The fraction of sp³-hybridized carbons (Fsp3) is 0.676. The average Bonchev–Trinajstić information content (AvgIpc) is 3.68. The number of rotatable bonds is 5. The van der Waals surface area contributed by atoms with Gasteiger partial charge in [-0.2, -0.15) is 8.42 Å². The number of hydrogen-bond acceptors (Lipinski definition) is 7. The molecule has 4 saturated heterocycles. The summed E-state index contributed by atoms with van der Waals surface area (Å²) in [6.45, 7) is 9.19. The number of nitrogens with zero attached hydrogens (tertiary/aromatic N) is 3. The summed E-state index contributed by atoms with van der Waals surface area (Å²) in [5.74, 6) is -0.660. The third kappa shape index (κ3) is 5.66. The van der Waals surface area contributed by atoms with Crippen molar-refractivity contribution in [2.24, 2.45) is 17.8 Å². The van der Waals surface area contributed by atoms with Crippen LogP contribution in [0.25, 0.3) is 10.9 Å². The molecule has 0 bridgehead atoms. The van der Waals surface area contributed by atoms with Crippen molar-refractivity contribution in [2.75, 3.05) is 26.4 Å². The zero-order chi connectivity index (χ0) is 34.2. The number of benzene rings is 1. The van der Waals surface area contributed by atoms with E-state index in [-0.39, 0.29) is 47.8 Å². The van der Waals surface area contributed by atoms with Gasteiger partial charge in [0, 0.05) is 48.6 Å². The average molecular weight is 672 g/mol. The fourth-order valence-electron chi connectivity index (χ4n) is 9.26. The Hall–Kier alpha value is -3.00. The number of piperidine rings is 1. The molecule has 1 aliphatic carbocycles. The van der Waals surface area contributed by atoms with Gasteiger partial charge in [-0.15, -0.1) is 0 Å². The van der Waals surface area contributed by atoms with Crippen LogP contribution >= 0.6 is 0 Å². The third-order valence-corrected chi connectivity index (χ3v) is 11.3. The lowest BCUT2D eigenvalue weighted by molar-refractivity contribution is -0.198. The first-order valence-corrected chi connectivity index (χ1v) is 18.7. The second kappa shape index (κ2) is 11.9. The van der Waals surface area contributed by atoms with Crippen molar-refractivity contribution in [3.8, 4) is 0 Å². The molecule has 2 aromatic rings. The lowest BCUT2D eigenvalue weighted by atomic mass is 9.72. The second-order valence-electron chi connectivity index (χ2n) is 15.2. The number of piperazine rings is 1. The number of carbonyl (C=O) groups excluding carboxylic acids is 3. The van der Waals surface area contributed by atoms with Crippen LogP contribution in [-0.2, 0) is 30.9 Å². The van der Waals surface area contributed by atoms with E-state index < -0.39 is 33.5 Å². The maximum absolute atomic E-state index is 14.5. The minimum absolute atomic E-state index is 0.0642. The highest BCUT2D eigenvalue weighted by Gasteiger charge is 2.70. The van der Waals surface area contributed by atoms with Crippen LogP contribution in [0.5, 0.6) is 0 Å². The third-order valence-electron chi connectivity index (χ3n) is 11.3. The molecule has 3 amide bonds. The molecule has 7 atom stereocenters. The quantitative estimate of drug-likeness (QED) is 0.353. The molecule has 7 rings (SSSR count). The fourth-order valence-corrected chi connectivity index (χ4v) is 9.26. The molecule has 3 unspecified atom stereocenters. The highest BCUT2D eigenvalue weighted by molar-refractivity contribution is 7.85. The maximum Gasteiger partial charge on any atom is 0.261 e. The Bertz CT molecular complexity index is 1680. The molecule has 5 heterocycles. The molecular weight excluding hydrogens is 622 g/mol. The van der Waals surface area contributed by atoms with Gasteiger partial charge < -0.3 is 25.2 Å². The van der Waals surface area contributed by atoms with Crippen molar-refractivity contribution < 1.29 is 32.5 Å². The molecule has 4 aliphatic heterocycles. The molecular formula is C34H49N5O7S. The van der Waals surface area contributed by atoms with Crippen LogP contribution in [0.3, 0.4) is 0 Å². The first-order chi connectivity index (χ1) is 22.0. The van der Waals surface area contributed by atoms with Gasteiger partial charge in [0.05, 0.1) is 18.2 Å². The van der Waals surface area contributed by atoms with E-state index in [1.54, 1.807) is 0 Å². The summed E-state index contributed by atoms with van der Waals surface area (Å²) in [6, 6.07) is 5.57. The van der Waals surface area contributed by atoms with Crippen molar-refractivity contribution in [1.29, 1.82) is 0 Å². The Labute approximate surface area is 277 Å². The molecule has 0 radical (unpaired) electrons. The second-order valence-corrected chi connectivity index (χ2v) is 16.7. The number of carbonyl (C=O) groups is 3. The molecule has 1 aromatic carbocycles. The SMILES string of the molecule is CC(C)C[C@H]1C(=O)N2CCCC2[C@]2(O)C[C@@](NC(=O)[C@@H]3CC4c5cccc6[nH]cc(c56)CC4N(C)C3)(C(C)C)C(=O)N12.CS(=O)(=O)O. The van der Waals surface area contributed by atoms with E-state index in [9.17, 15) is 27.9 Å². The minimum atomic E-state index is -3.67. The molecule has 13 heteroatoms. The summed E-state index contributed by atoms with van der Waals surface area (Å²) in [7, 11) is -1.56. The Kier molecular flexibility index (Phi) is 8.54. The van der Waals surface area contributed by atoms with Gasteiger partial charge in [0.2, 0.25) is 11.8 Å². The van der Waals surface area contributed by atoms with Crippen LogP contribution in [0.4, 0.5) is 0 Å². The molecule has 0 saturated carbocycles. The molecule has 1 aromatic heterocycles. The summed E-state index contributed by atoms with van der Waals surface area (Å²) in [6.07, 6.45) is 6.56. The van der Waals surface area contributed by atoms with Crippen LogP contribution in [-0.4, -0.2) is 111 Å². The zero-order valence-electron chi connectivity index (χ0n) is 28.2. The summed E-state index contributed by atoms with van der Waals surface area (Å²) < 4.78 is 25.9. The van der Waals surface area contributed by atoms with Crippen LogP contribution in [0, 0.1) is 17.8 Å². The van der Waals surface area contributed by atoms with E-state index in [4.69, 9.17) is 4.55 Å². The molecule has 0 spiro atoms. The largest absolute Gasteiger partial charge is 0.369 e. The van der Waals surface area contributed by atoms with E-state index in [0.29, 0.717) is 44.6 Å². The molecule has 4 N–H and O–H groups in total. The number of aromatic amines is 1. The van der Waals surface area contributed by atoms with Gasteiger partial charge in [0.15, 0.2) is 5.72 Å². The first-order valence-electron chi connectivity index (χ1n) is 16.9. The predicted molar refractivity (Wildman–Crippen MR) is 177 cm³/mol. The van der Waals surface area contributed by atoms with Crippen molar-refractivity contribution in [3.63, 3.8) is 0 Å². The van der Waals surface area contributed by atoms with Crippen LogP contribution < -0.4 is 5.32 Å². The van der Waals surface area contributed by atoms with E-state index >= 15 is 0 Å². The Morgan fingerprint density at radius 1 is 1.19 bits per heavy atom. The Balaban J connectivity index is 0.000000720. The Morgan fingerprint density at radius 3 is 2.55 bits per heavy atom. The van der Waals surface area contributed by atoms with Gasteiger partial charge >= 0.3 is 0 Å². The molecule has 258 valence electrons. The van der Waals surface area contributed by atoms with Crippen LogP contribution in [0.1, 0.15) is 76.8 Å². The van der Waals surface area contributed by atoms with Gasteiger partial charge in [0.25, 0.3) is 16.0 Å². The van der Waals surface area contributed by atoms with Crippen molar-refractivity contribution in [2.45, 2.75) is 102 Å². The van der Waals surface area contributed by atoms with E-state index in [2.05, 4.69) is 46.6 Å². The van der Waals surface area contributed by atoms with Crippen molar-refractivity contribution >= 4 is 38.7 Å². The number of aromatic nitrogens is 1. The topological polar surface area (TPSA) is 163 Å². The zero-order valence-corrected chi connectivity index (χ0v) is 29.0. The van der Waals surface area contributed by atoms with Gasteiger partial charge in [-0.3, -0.25) is 23.8 Å². The van der Waals surface area contributed by atoms with E-state index in [0.717, 1.165) is 18.4 Å². The lowest BCUT2D eigenvalue weighted by Gasteiger charge is -2.51. The van der Waals surface area contributed by atoms with Crippen LogP contribution in [0.2, 0.25) is 0 Å². The van der Waals surface area contributed by atoms with Gasteiger partial charge in [-0.05, 0) is 68.2 Å². The molecule has 4 fully saturated rings. The minimum Gasteiger partial charge on any atom is -0.369 e. The summed E-state index contributed by atoms with van der Waals surface area (Å²) in [4.78, 5) is 51.5. The predicted octanol–water partition coefficient (Wildman–Crippen LogP) is 2.48. The summed E-state index contributed by atoms with van der Waals surface area (Å²) >= 11 is 0. The van der Waals surface area contributed by atoms with Gasteiger partial charge in [-0.1, -0.05) is 39.8 Å². The summed E-state index contributed by atoms with van der Waals surface area (Å²) in [5.41, 5.74) is 1.01. The van der Waals surface area contributed by atoms with E-state index in [1.165, 1.54) is 21.4 Å². The highest BCUT2D eigenvalue weighted by atomic mass is 32.2. The van der Waals surface area contributed by atoms with Crippen LogP contribution in [0.15, 0.2) is 24.4 Å². The standard InChI is InChI=1S/C33H45N5O4.CH4O3S/c1-18(2)12-26-30(40)37-11-7-10-27(37)33(42)17-32(19(3)4,31(41)38(26)33)35-29(39)21-13-23-22-8-6-9-24-28(22)20(15-34-24)14-25(23)36(5)16-21;1-5(2,3)4/h6,8-9,15,18-19,21,23,25-27,34,42H,7,10-14,16-17H2,1-5H3,(H,35,39);1H3,(H,2,3,4)/t21-,23?,25?,26+,27?,32-,33-;/m1./s1. The number of fused-ring (bicyclic) bond motifs is 5. The number of hydrogen-bond donors (Lipinski definition) is 4. The number of nitrogens with one attached hydrogen (secondary N) is 2. The molecule has 47 heavy (non-hydrogen) atoms. The summed E-state index contributed by atoms with van der Waals surface area (Å²) in [5, 5.41) is 16.9. The number of aliphatic hydroxyl groups is 1. The van der Waals surface area contributed by atoms with E-state index in [1.807, 2.05) is 32.6 Å². The monoisotopic (exact) mass is 671 g/mol.